The predicted octanol–water partition coefficient (Wildman–Crippen LogP) is 3.62. The fourth-order valence-corrected chi connectivity index (χ4v) is 7.41. The number of carboxylic acid groups (broad SMARTS) is 1. The highest BCUT2D eigenvalue weighted by molar-refractivity contribution is 5.80. The molecule has 0 spiro atoms. The molecule has 1 unspecified atom stereocenters. The van der Waals surface area contributed by atoms with Gasteiger partial charge in [0.2, 0.25) is 11.8 Å². The van der Waals surface area contributed by atoms with Gasteiger partial charge >= 0.3 is 24.0 Å². The molecule has 3 amide bonds. The SMILES string of the molecule is CC(C)(C)OC(=O)CN1CCC(CC(=O)O)NCN(CC(=O)OC(C)(C)C)CCN(CC(=O)NCCCCCC(=O)NNC(=O)OCC2c3ccccc3-c3ccccc32)CC1. The van der Waals surface area contributed by atoms with E-state index >= 15 is 0 Å². The van der Waals surface area contributed by atoms with Gasteiger partial charge in [-0.1, -0.05) is 55.0 Å². The largest absolute Gasteiger partial charge is 0.481 e. The van der Waals surface area contributed by atoms with Gasteiger partial charge in [-0.3, -0.25) is 44.1 Å². The first-order chi connectivity index (χ1) is 29.3. The van der Waals surface area contributed by atoms with Crippen LogP contribution in [0.15, 0.2) is 48.5 Å². The van der Waals surface area contributed by atoms with E-state index in [0.29, 0.717) is 65.0 Å². The third-order valence-corrected chi connectivity index (χ3v) is 10.2. The average Bonchev–Trinajstić information content (AvgIpc) is 3.50. The Bertz CT molecular complexity index is 1740. The lowest BCUT2D eigenvalue weighted by molar-refractivity contribution is -0.157. The summed E-state index contributed by atoms with van der Waals surface area (Å²) in [5, 5.41) is 15.8. The second-order valence-electron chi connectivity index (χ2n) is 17.9. The van der Waals surface area contributed by atoms with E-state index in [2.05, 4.69) is 33.6 Å². The van der Waals surface area contributed by atoms with Crippen molar-refractivity contribution in [3.05, 3.63) is 59.7 Å². The first kappa shape index (κ1) is 49.6. The molecule has 1 saturated heterocycles. The normalized spacial score (nSPS) is 17.0. The van der Waals surface area contributed by atoms with E-state index in [9.17, 15) is 33.9 Å². The summed E-state index contributed by atoms with van der Waals surface area (Å²) in [4.78, 5) is 81.2. The second-order valence-corrected chi connectivity index (χ2v) is 17.9. The van der Waals surface area contributed by atoms with Crippen molar-refractivity contribution in [1.29, 1.82) is 0 Å². The van der Waals surface area contributed by atoms with Crippen LogP contribution >= 0.6 is 0 Å². The van der Waals surface area contributed by atoms with Crippen LogP contribution in [0.1, 0.15) is 97.1 Å². The Morgan fingerprint density at radius 2 is 1.24 bits per heavy atom. The number of carboxylic acids is 1. The highest BCUT2D eigenvalue weighted by Gasteiger charge is 2.29. The van der Waals surface area contributed by atoms with Crippen LogP contribution in [-0.2, 0) is 38.2 Å². The van der Waals surface area contributed by atoms with Gasteiger partial charge in [0.15, 0.2) is 0 Å². The maximum absolute atomic E-state index is 13.2. The van der Waals surface area contributed by atoms with E-state index < -0.39 is 41.2 Å². The van der Waals surface area contributed by atoms with Crippen molar-refractivity contribution in [2.45, 2.75) is 103 Å². The molecule has 1 atom stereocenters. The molecule has 1 aliphatic heterocycles. The number of amides is 3. The van der Waals surface area contributed by atoms with Crippen LogP contribution in [0.5, 0.6) is 0 Å². The number of rotatable bonds is 16. The molecule has 1 heterocycles. The number of fused-ring (bicyclic) bond motifs is 3. The number of esters is 2. The number of carbonyl (C=O) groups is 6. The average molecular weight is 866 g/mol. The molecule has 0 aromatic heterocycles. The molecule has 0 radical (unpaired) electrons. The van der Waals surface area contributed by atoms with Crippen molar-refractivity contribution < 1.29 is 48.1 Å². The number of hydrogen-bond donors (Lipinski definition) is 5. The van der Waals surface area contributed by atoms with Gasteiger partial charge < -0.3 is 30.0 Å². The first-order valence-corrected chi connectivity index (χ1v) is 21.6. The van der Waals surface area contributed by atoms with Crippen molar-refractivity contribution in [1.82, 2.24) is 36.2 Å². The minimum absolute atomic E-state index is 0.00532. The van der Waals surface area contributed by atoms with Gasteiger partial charge in [-0.2, -0.15) is 0 Å². The van der Waals surface area contributed by atoms with Gasteiger partial charge in [0.25, 0.3) is 0 Å². The Morgan fingerprint density at radius 1 is 0.694 bits per heavy atom. The zero-order chi connectivity index (χ0) is 45.3. The number of nitrogens with one attached hydrogen (secondary N) is 4. The zero-order valence-corrected chi connectivity index (χ0v) is 37.3. The number of hydrazine groups is 1. The standard InChI is InChI=1S/C45H67N7O10/c1-44(2,3)61-41(57)28-50-21-19-32(26-40(55)56)47-31-52(29-42(58)62-45(4,5)6)25-24-51(23-22-50)27-39(54)46-20-13-7-8-18-38(53)48-49-43(59)60-30-37-35-16-11-9-14-33(35)34-15-10-12-17-36(34)37/h9-12,14-17,32,37,47H,7-8,13,18-31H2,1-6H3,(H,46,54)(H,48,53)(H,49,59)(H,55,56). The fraction of sp³-hybridized carbons (Fsp3) is 0.600. The van der Waals surface area contributed by atoms with Gasteiger partial charge in [0.1, 0.15) is 17.8 Å². The molecule has 342 valence electrons. The quantitative estimate of drug-likeness (QED) is 0.0708. The topological polar surface area (TPSA) is 208 Å². The Morgan fingerprint density at radius 3 is 1.82 bits per heavy atom. The Hall–Kier alpha value is -5.10. The minimum atomic E-state index is -0.963. The Kier molecular flexibility index (Phi) is 19.1. The number of unbranched alkanes of at least 4 members (excludes halogenated alkanes) is 2. The van der Waals surface area contributed by atoms with Gasteiger partial charge in [-0.05, 0) is 83.1 Å². The van der Waals surface area contributed by atoms with Gasteiger partial charge in [-0.25, -0.2) is 10.2 Å². The number of ether oxygens (including phenoxy) is 3. The highest BCUT2D eigenvalue weighted by atomic mass is 16.6. The van der Waals surface area contributed by atoms with E-state index in [4.69, 9.17) is 14.2 Å². The summed E-state index contributed by atoms with van der Waals surface area (Å²) < 4.78 is 16.6. The van der Waals surface area contributed by atoms with Crippen LogP contribution in [0.2, 0.25) is 0 Å². The lowest BCUT2D eigenvalue weighted by atomic mass is 9.98. The molecule has 0 bridgehead atoms. The smallest absolute Gasteiger partial charge is 0.426 e. The van der Waals surface area contributed by atoms with Crippen LogP contribution in [0.4, 0.5) is 4.79 Å². The van der Waals surface area contributed by atoms with Crippen molar-refractivity contribution in [3.8, 4) is 11.1 Å². The molecule has 2 aliphatic rings. The molecule has 17 heteroatoms. The summed E-state index contributed by atoms with van der Waals surface area (Å²) in [5.41, 5.74) is 7.82. The van der Waals surface area contributed by atoms with Crippen molar-refractivity contribution in [2.75, 3.05) is 72.2 Å². The lowest BCUT2D eigenvalue weighted by Crippen LogP contribution is -2.50. The third-order valence-electron chi connectivity index (χ3n) is 10.2. The fourth-order valence-electron chi connectivity index (χ4n) is 7.41. The molecule has 62 heavy (non-hydrogen) atoms. The molecule has 2 aromatic rings. The number of benzene rings is 2. The third kappa shape index (κ3) is 18.1. The molecule has 0 saturated carbocycles. The van der Waals surface area contributed by atoms with E-state index in [0.717, 1.165) is 22.3 Å². The molecule has 1 aliphatic carbocycles. The summed E-state index contributed by atoms with van der Waals surface area (Å²) in [6, 6.07) is 15.7. The van der Waals surface area contributed by atoms with Crippen LogP contribution in [0.25, 0.3) is 11.1 Å². The first-order valence-electron chi connectivity index (χ1n) is 21.6. The van der Waals surface area contributed by atoms with Crippen molar-refractivity contribution in [2.24, 2.45) is 0 Å². The molecule has 1 fully saturated rings. The van der Waals surface area contributed by atoms with E-state index in [1.165, 1.54) is 0 Å². The zero-order valence-electron chi connectivity index (χ0n) is 37.3. The van der Waals surface area contributed by atoms with Gasteiger partial charge in [0, 0.05) is 64.3 Å². The predicted molar refractivity (Wildman–Crippen MR) is 233 cm³/mol. The summed E-state index contributed by atoms with van der Waals surface area (Å²) in [6.07, 6.45) is 1.56. The van der Waals surface area contributed by atoms with Crippen LogP contribution in [0, 0.1) is 0 Å². The Labute approximate surface area is 365 Å². The maximum Gasteiger partial charge on any atom is 0.426 e. The summed E-state index contributed by atoms with van der Waals surface area (Å²) in [7, 11) is 0. The summed E-state index contributed by atoms with van der Waals surface area (Å²) in [6.45, 7) is 13.6. The van der Waals surface area contributed by atoms with Gasteiger partial charge in [-0.15, -0.1) is 0 Å². The van der Waals surface area contributed by atoms with E-state index in [-0.39, 0.29) is 63.5 Å². The van der Waals surface area contributed by atoms with Crippen molar-refractivity contribution in [3.63, 3.8) is 0 Å². The molecular formula is C45H67N7O10. The number of carbonyl (C=O) groups excluding carboxylic acids is 5. The summed E-state index contributed by atoms with van der Waals surface area (Å²) in [5.74, 6) is -2.42. The van der Waals surface area contributed by atoms with Crippen LogP contribution in [0.3, 0.4) is 0 Å². The molecule has 4 rings (SSSR count). The highest BCUT2D eigenvalue weighted by Crippen LogP contribution is 2.44. The van der Waals surface area contributed by atoms with Crippen LogP contribution < -0.4 is 21.5 Å². The lowest BCUT2D eigenvalue weighted by Gasteiger charge is -2.33. The molecule has 2 aromatic carbocycles. The van der Waals surface area contributed by atoms with E-state index in [1.807, 2.05) is 51.1 Å². The second kappa shape index (κ2) is 23.9. The number of nitrogens with zero attached hydrogens (tertiary/aromatic N) is 3. The number of hydrogen-bond acceptors (Lipinski definition) is 13. The molecule has 5 N–H and O–H groups in total. The van der Waals surface area contributed by atoms with E-state index in [1.54, 1.807) is 41.5 Å². The van der Waals surface area contributed by atoms with Crippen molar-refractivity contribution >= 4 is 35.8 Å². The molecular weight excluding hydrogens is 799 g/mol. The summed E-state index contributed by atoms with van der Waals surface area (Å²) >= 11 is 0. The van der Waals surface area contributed by atoms with Crippen LogP contribution in [-0.4, -0.2) is 145 Å². The van der Waals surface area contributed by atoms with Gasteiger partial charge in [0.05, 0.1) is 26.1 Å². The monoisotopic (exact) mass is 865 g/mol. The Balaban J connectivity index is 1.22. The minimum Gasteiger partial charge on any atom is -0.481 e. The number of aliphatic carboxylic acids is 1. The maximum atomic E-state index is 13.2. The molecule has 17 nitrogen and oxygen atoms in total.